The van der Waals surface area contributed by atoms with E-state index in [1.807, 2.05) is 0 Å². The standard InChI is InChI=1S/C28H34O14/c1-33-23-17-11-9-15-21(23)25(29)37-41-39-27(31)35-19-13-7-5-3-4-6-8-14-20-36-28(32)40-42-38-26(30)22-16-10-12-18-24(22)34-2/h9-12,15-18H,3-8,13-14,19-20H2,1-2H3. The molecule has 2 rings (SSSR count). The lowest BCUT2D eigenvalue weighted by Gasteiger charge is -2.07. The zero-order valence-corrected chi connectivity index (χ0v) is 23.4. The summed E-state index contributed by atoms with van der Waals surface area (Å²) in [4.78, 5) is 64.1. The van der Waals surface area contributed by atoms with Gasteiger partial charge in [0.25, 0.3) is 0 Å². The van der Waals surface area contributed by atoms with E-state index in [-0.39, 0.29) is 35.8 Å². The van der Waals surface area contributed by atoms with Crippen molar-refractivity contribution in [3.05, 3.63) is 59.7 Å². The van der Waals surface area contributed by atoms with E-state index >= 15 is 0 Å². The van der Waals surface area contributed by atoms with Gasteiger partial charge in [-0.05, 0) is 37.1 Å². The van der Waals surface area contributed by atoms with Gasteiger partial charge in [-0.25, -0.2) is 29.0 Å². The van der Waals surface area contributed by atoms with Crippen molar-refractivity contribution in [2.24, 2.45) is 0 Å². The minimum atomic E-state index is -1.13. The first-order chi connectivity index (χ1) is 20.5. The third-order valence-electron chi connectivity index (χ3n) is 5.56. The van der Waals surface area contributed by atoms with Crippen LogP contribution in [0, 0.1) is 0 Å². The number of rotatable bonds is 19. The lowest BCUT2D eigenvalue weighted by molar-refractivity contribution is -0.452. The molecule has 0 saturated heterocycles. The monoisotopic (exact) mass is 594 g/mol. The Balaban J connectivity index is 1.36. The smallest absolute Gasteiger partial charge is 0.496 e. The molecular formula is C28H34O14. The maximum Gasteiger partial charge on any atom is 0.543 e. The average molecular weight is 595 g/mol. The first-order valence-electron chi connectivity index (χ1n) is 13.2. The summed E-state index contributed by atoms with van der Waals surface area (Å²) < 4.78 is 19.7. The van der Waals surface area contributed by atoms with Crippen LogP contribution in [0.2, 0.25) is 0 Å². The molecule has 0 atom stereocenters. The fourth-order valence-corrected chi connectivity index (χ4v) is 3.49. The molecule has 0 N–H and O–H groups in total. The van der Waals surface area contributed by atoms with E-state index < -0.39 is 24.2 Å². The summed E-state index contributed by atoms with van der Waals surface area (Å²) in [5.41, 5.74) is 0.200. The fourth-order valence-electron chi connectivity index (χ4n) is 3.49. The Morgan fingerprint density at radius 3 is 1.24 bits per heavy atom. The van der Waals surface area contributed by atoms with E-state index in [0.717, 1.165) is 38.5 Å². The molecule has 0 spiro atoms. The van der Waals surface area contributed by atoms with Crippen LogP contribution in [0.1, 0.15) is 72.1 Å². The molecule has 14 nitrogen and oxygen atoms in total. The number of ether oxygens (including phenoxy) is 4. The normalized spacial score (nSPS) is 10.2. The predicted molar refractivity (Wildman–Crippen MR) is 141 cm³/mol. The summed E-state index contributed by atoms with van der Waals surface area (Å²) in [7, 11) is 2.79. The molecule has 0 heterocycles. The zero-order chi connectivity index (χ0) is 30.4. The lowest BCUT2D eigenvalue weighted by Crippen LogP contribution is -2.13. The van der Waals surface area contributed by atoms with Gasteiger partial charge >= 0.3 is 24.2 Å². The Morgan fingerprint density at radius 1 is 0.500 bits per heavy atom. The molecule has 0 unspecified atom stereocenters. The van der Waals surface area contributed by atoms with Gasteiger partial charge in [-0.15, -0.1) is 0 Å². The SMILES string of the molecule is COc1ccccc1C(=O)OOOC(=O)OCCCCCCCCCCOC(=O)OOOC(=O)c1ccccc1OC. The number of para-hydroxylation sites is 2. The molecule has 0 radical (unpaired) electrons. The molecule has 0 amide bonds. The Kier molecular flexibility index (Phi) is 16.3. The van der Waals surface area contributed by atoms with Gasteiger partial charge in [0.2, 0.25) is 0 Å². The van der Waals surface area contributed by atoms with Gasteiger partial charge in [0, 0.05) is 0 Å². The molecule has 0 aliphatic heterocycles. The summed E-state index contributed by atoms with van der Waals surface area (Å²) in [6.45, 7) is 0.249. The molecule has 2 aromatic rings. The van der Waals surface area contributed by atoms with Crippen molar-refractivity contribution in [2.45, 2.75) is 51.4 Å². The van der Waals surface area contributed by atoms with Gasteiger partial charge < -0.3 is 18.9 Å². The highest BCUT2D eigenvalue weighted by Crippen LogP contribution is 2.19. The Hall–Kier alpha value is -4.56. The summed E-state index contributed by atoms with van der Waals surface area (Å²) in [5, 5.41) is 8.36. The van der Waals surface area contributed by atoms with Crippen molar-refractivity contribution in [2.75, 3.05) is 27.4 Å². The highest BCUT2D eigenvalue weighted by molar-refractivity contribution is 5.92. The van der Waals surface area contributed by atoms with E-state index in [9.17, 15) is 19.2 Å². The molecule has 0 bridgehead atoms. The van der Waals surface area contributed by atoms with Crippen LogP contribution in [0.4, 0.5) is 9.59 Å². The predicted octanol–water partition coefficient (Wildman–Crippen LogP) is 5.84. The van der Waals surface area contributed by atoms with Gasteiger partial charge in [-0.1, -0.05) is 62.8 Å². The number of methoxy groups -OCH3 is 2. The number of hydrogen-bond donors (Lipinski definition) is 0. The van der Waals surface area contributed by atoms with Crippen molar-refractivity contribution in [1.29, 1.82) is 0 Å². The van der Waals surface area contributed by atoms with E-state index in [1.165, 1.54) is 26.4 Å². The number of unbranched alkanes of at least 4 members (excludes halogenated alkanes) is 7. The molecule has 0 fully saturated rings. The number of carbonyl (C=O) groups is 4. The second-order valence-corrected chi connectivity index (χ2v) is 8.47. The molecule has 42 heavy (non-hydrogen) atoms. The fraction of sp³-hybridized carbons (Fsp3) is 0.429. The van der Waals surface area contributed by atoms with Gasteiger partial charge in [0.15, 0.2) is 0 Å². The lowest BCUT2D eigenvalue weighted by atomic mass is 10.1. The second-order valence-electron chi connectivity index (χ2n) is 8.47. The van der Waals surface area contributed by atoms with E-state index in [1.54, 1.807) is 36.4 Å². The minimum Gasteiger partial charge on any atom is -0.496 e. The van der Waals surface area contributed by atoms with Crippen LogP contribution in [0.25, 0.3) is 0 Å². The topological polar surface area (TPSA) is 161 Å². The van der Waals surface area contributed by atoms with Crippen LogP contribution in [0.3, 0.4) is 0 Å². The van der Waals surface area contributed by atoms with E-state index in [4.69, 9.17) is 18.9 Å². The second kappa shape index (κ2) is 20.3. The zero-order valence-electron chi connectivity index (χ0n) is 23.4. The summed E-state index contributed by atoms with van der Waals surface area (Å²) >= 11 is 0. The maximum absolute atomic E-state index is 11.9. The van der Waals surface area contributed by atoms with Gasteiger partial charge in [-0.3, -0.25) is 9.78 Å². The molecular weight excluding hydrogens is 560 g/mol. The molecule has 0 saturated carbocycles. The Morgan fingerprint density at radius 2 is 0.857 bits per heavy atom. The summed E-state index contributed by atoms with van der Waals surface area (Å²) in [6, 6.07) is 12.6. The Bertz CT molecular complexity index is 1030. The molecule has 0 aliphatic rings. The van der Waals surface area contributed by atoms with Crippen molar-refractivity contribution < 1.29 is 67.8 Å². The first-order valence-corrected chi connectivity index (χ1v) is 13.2. The Labute approximate surface area is 242 Å². The van der Waals surface area contributed by atoms with Crippen LogP contribution in [-0.2, 0) is 39.1 Å². The highest BCUT2D eigenvalue weighted by atomic mass is 17.5. The largest absolute Gasteiger partial charge is 0.543 e. The van der Waals surface area contributed by atoms with Crippen molar-refractivity contribution in [3.8, 4) is 11.5 Å². The van der Waals surface area contributed by atoms with Crippen LogP contribution in [-0.4, -0.2) is 51.7 Å². The van der Waals surface area contributed by atoms with E-state index in [2.05, 4.69) is 29.6 Å². The third kappa shape index (κ3) is 13.2. The molecule has 0 aliphatic carbocycles. The number of benzene rings is 2. The quantitative estimate of drug-likeness (QED) is 0.0825. The van der Waals surface area contributed by atoms with Crippen LogP contribution >= 0.6 is 0 Å². The molecule has 14 heteroatoms. The number of carbonyl (C=O) groups excluding carboxylic acids is 4. The van der Waals surface area contributed by atoms with Gasteiger partial charge in [0.1, 0.15) is 22.6 Å². The van der Waals surface area contributed by atoms with Crippen LogP contribution in [0.15, 0.2) is 48.5 Å². The van der Waals surface area contributed by atoms with Gasteiger partial charge in [0.05, 0.1) is 37.5 Å². The summed E-state index contributed by atoms with van der Waals surface area (Å²) in [5.74, 6) is -1.24. The third-order valence-corrected chi connectivity index (χ3v) is 5.56. The highest BCUT2D eigenvalue weighted by Gasteiger charge is 2.17. The van der Waals surface area contributed by atoms with E-state index in [0.29, 0.717) is 12.8 Å². The molecule has 0 aromatic heterocycles. The minimum absolute atomic E-state index is 0.100. The average Bonchev–Trinajstić information content (AvgIpc) is 3.01. The summed E-state index contributed by atoms with van der Waals surface area (Å²) in [6.07, 6.45) is 4.54. The van der Waals surface area contributed by atoms with Crippen LogP contribution in [0.5, 0.6) is 11.5 Å². The number of hydrogen-bond acceptors (Lipinski definition) is 14. The molecule has 2 aromatic carbocycles. The van der Waals surface area contributed by atoms with Crippen molar-refractivity contribution in [3.63, 3.8) is 0 Å². The first kappa shape index (κ1) is 33.6. The van der Waals surface area contributed by atoms with Crippen molar-refractivity contribution >= 4 is 24.2 Å². The maximum atomic E-state index is 11.9. The molecule has 230 valence electrons. The van der Waals surface area contributed by atoms with Gasteiger partial charge in [-0.2, -0.15) is 0 Å². The van der Waals surface area contributed by atoms with Crippen LogP contribution < -0.4 is 9.47 Å². The van der Waals surface area contributed by atoms with Crippen molar-refractivity contribution in [1.82, 2.24) is 0 Å².